The summed E-state index contributed by atoms with van der Waals surface area (Å²) in [5.41, 5.74) is 1.41. The van der Waals surface area contributed by atoms with E-state index in [0.29, 0.717) is 12.2 Å². The minimum absolute atomic E-state index is 0.404. The number of likely N-dealkylation sites (N-methyl/N-ethyl adjacent to an activating group) is 1. The Labute approximate surface area is 109 Å². The molecule has 0 radical (unpaired) electrons. The predicted octanol–water partition coefficient (Wildman–Crippen LogP) is 1.59. The Bertz CT molecular complexity index is 367. The summed E-state index contributed by atoms with van der Waals surface area (Å²) in [6.07, 6.45) is 0.808. The molecule has 2 atom stereocenters. The molecule has 2 aliphatic heterocycles. The summed E-state index contributed by atoms with van der Waals surface area (Å²) in [7, 11) is 0. The minimum atomic E-state index is 0.404. The van der Waals surface area contributed by atoms with Crippen molar-refractivity contribution in [2.24, 2.45) is 0 Å². The molecule has 2 fully saturated rings. The normalized spacial score (nSPS) is 29.4. The zero-order valence-electron chi connectivity index (χ0n) is 11.1. The molecule has 1 aromatic carbocycles. The Kier molecular flexibility index (Phi) is 3.64. The van der Waals surface area contributed by atoms with Gasteiger partial charge in [-0.05, 0) is 12.1 Å². The molecule has 3 rings (SSSR count). The molecular weight excluding hydrogens is 224 g/mol. The van der Waals surface area contributed by atoms with E-state index < -0.39 is 0 Å². The Hall–Kier alpha value is -0.900. The smallest absolute Gasteiger partial charge is 0.0833 e. The van der Waals surface area contributed by atoms with Gasteiger partial charge in [0.1, 0.15) is 0 Å². The molecule has 2 heterocycles. The second kappa shape index (κ2) is 5.39. The highest BCUT2D eigenvalue weighted by Crippen LogP contribution is 2.20. The molecule has 2 bridgehead atoms. The van der Waals surface area contributed by atoms with E-state index in [0.717, 1.165) is 39.3 Å². The number of morpholine rings is 2. The van der Waals surface area contributed by atoms with Crippen molar-refractivity contribution in [1.82, 2.24) is 9.80 Å². The van der Waals surface area contributed by atoms with Crippen LogP contribution in [0.1, 0.15) is 12.5 Å². The number of hydrogen-bond donors (Lipinski definition) is 0. The van der Waals surface area contributed by atoms with Crippen LogP contribution in [0.5, 0.6) is 0 Å². The molecule has 0 spiro atoms. The van der Waals surface area contributed by atoms with Gasteiger partial charge in [-0.1, -0.05) is 37.3 Å². The van der Waals surface area contributed by atoms with E-state index in [4.69, 9.17) is 4.74 Å². The fourth-order valence-corrected chi connectivity index (χ4v) is 3.09. The van der Waals surface area contributed by atoms with Gasteiger partial charge in [0, 0.05) is 32.7 Å². The Morgan fingerprint density at radius 3 is 2.22 bits per heavy atom. The molecule has 98 valence electrons. The first kappa shape index (κ1) is 12.2. The molecule has 2 unspecified atom stereocenters. The van der Waals surface area contributed by atoms with Crippen LogP contribution in [-0.2, 0) is 11.3 Å². The van der Waals surface area contributed by atoms with Crippen molar-refractivity contribution in [3.63, 3.8) is 0 Å². The zero-order chi connectivity index (χ0) is 12.4. The standard InChI is InChI=1S/C15H22N2O/c1-2-16-9-14-11-17(12-15(10-16)18-14)8-13-6-4-3-5-7-13/h3-7,14-15H,2,8-12H2,1H3. The topological polar surface area (TPSA) is 15.7 Å². The summed E-state index contributed by atoms with van der Waals surface area (Å²) >= 11 is 0. The maximum atomic E-state index is 6.04. The lowest BCUT2D eigenvalue weighted by Gasteiger charge is -2.45. The van der Waals surface area contributed by atoms with Crippen molar-refractivity contribution >= 4 is 0 Å². The van der Waals surface area contributed by atoms with Gasteiger partial charge >= 0.3 is 0 Å². The van der Waals surface area contributed by atoms with Gasteiger partial charge in [-0.15, -0.1) is 0 Å². The van der Waals surface area contributed by atoms with Crippen LogP contribution in [0.25, 0.3) is 0 Å². The summed E-state index contributed by atoms with van der Waals surface area (Å²) in [6.45, 7) is 8.78. The summed E-state index contributed by atoms with van der Waals surface area (Å²) < 4.78 is 6.04. The number of ether oxygens (including phenoxy) is 1. The highest BCUT2D eigenvalue weighted by atomic mass is 16.5. The Morgan fingerprint density at radius 1 is 1.00 bits per heavy atom. The average Bonchev–Trinajstić information content (AvgIpc) is 2.38. The first-order chi connectivity index (χ1) is 8.83. The molecule has 1 aromatic rings. The molecule has 0 saturated carbocycles. The first-order valence-electron chi connectivity index (χ1n) is 6.97. The summed E-state index contributed by atoms with van der Waals surface area (Å²) in [4.78, 5) is 5.06. The van der Waals surface area contributed by atoms with Crippen LogP contribution in [0, 0.1) is 0 Å². The van der Waals surface area contributed by atoms with Crippen molar-refractivity contribution in [3.8, 4) is 0 Å². The zero-order valence-corrected chi connectivity index (χ0v) is 11.1. The van der Waals surface area contributed by atoms with Crippen molar-refractivity contribution in [1.29, 1.82) is 0 Å². The van der Waals surface area contributed by atoms with Crippen LogP contribution < -0.4 is 0 Å². The lowest BCUT2D eigenvalue weighted by atomic mass is 10.1. The third kappa shape index (κ3) is 2.74. The minimum Gasteiger partial charge on any atom is -0.370 e. The van der Waals surface area contributed by atoms with Gasteiger partial charge in [-0.2, -0.15) is 0 Å². The van der Waals surface area contributed by atoms with Crippen molar-refractivity contribution in [2.75, 3.05) is 32.7 Å². The SMILES string of the molecule is CCN1CC2CN(Cc3ccccc3)CC(C1)O2. The van der Waals surface area contributed by atoms with Crippen LogP contribution >= 0.6 is 0 Å². The lowest BCUT2D eigenvalue weighted by molar-refractivity contribution is -0.139. The van der Waals surface area contributed by atoms with Crippen molar-refractivity contribution < 1.29 is 4.74 Å². The van der Waals surface area contributed by atoms with Crippen molar-refractivity contribution in [3.05, 3.63) is 35.9 Å². The number of nitrogens with zero attached hydrogens (tertiary/aromatic N) is 2. The number of fused-ring (bicyclic) bond motifs is 2. The highest BCUT2D eigenvalue weighted by molar-refractivity contribution is 5.14. The molecular formula is C15H22N2O. The van der Waals surface area contributed by atoms with Gasteiger partial charge in [0.05, 0.1) is 12.2 Å². The molecule has 2 saturated heterocycles. The Morgan fingerprint density at radius 2 is 1.61 bits per heavy atom. The molecule has 3 nitrogen and oxygen atoms in total. The van der Waals surface area contributed by atoms with Gasteiger partial charge < -0.3 is 4.74 Å². The third-order valence-electron chi connectivity index (χ3n) is 3.93. The maximum Gasteiger partial charge on any atom is 0.0833 e. The van der Waals surface area contributed by atoms with E-state index in [2.05, 4.69) is 47.1 Å². The highest BCUT2D eigenvalue weighted by Gasteiger charge is 2.33. The third-order valence-corrected chi connectivity index (χ3v) is 3.93. The van der Waals surface area contributed by atoms with E-state index in [9.17, 15) is 0 Å². The van der Waals surface area contributed by atoms with Crippen LogP contribution in [0.2, 0.25) is 0 Å². The van der Waals surface area contributed by atoms with E-state index in [1.807, 2.05) is 0 Å². The van der Waals surface area contributed by atoms with E-state index in [1.165, 1.54) is 5.56 Å². The van der Waals surface area contributed by atoms with Crippen LogP contribution in [-0.4, -0.2) is 54.7 Å². The van der Waals surface area contributed by atoms with Crippen molar-refractivity contribution in [2.45, 2.75) is 25.7 Å². The molecule has 0 aliphatic carbocycles. The Balaban J connectivity index is 1.61. The molecule has 2 aliphatic rings. The maximum absolute atomic E-state index is 6.04. The molecule has 0 amide bonds. The second-order valence-electron chi connectivity index (χ2n) is 5.41. The number of hydrogen-bond acceptors (Lipinski definition) is 3. The average molecular weight is 246 g/mol. The van der Waals surface area contributed by atoms with Crippen LogP contribution in [0.4, 0.5) is 0 Å². The molecule has 0 aromatic heterocycles. The summed E-state index contributed by atoms with van der Waals surface area (Å²) in [5, 5.41) is 0. The quantitative estimate of drug-likeness (QED) is 0.805. The fraction of sp³-hybridized carbons (Fsp3) is 0.600. The van der Waals surface area contributed by atoms with Crippen LogP contribution in [0.3, 0.4) is 0 Å². The van der Waals surface area contributed by atoms with Gasteiger partial charge in [0.15, 0.2) is 0 Å². The lowest BCUT2D eigenvalue weighted by Crippen LogP contribution is -2.59. The van der Waals surface area contributed by atoms with Crippen LogP contribution in [0.15, 0.2) is 30.3 Å². The molecule has 18 heavy (non-hydrogen) atoms. The largest absolute Gasteiger partial charge is 0.370 e. The number of rotatable bonds is 3. The van der Waals surface area contributed by atoms with E-state index in [1.54, 1.807) is 0 Å². The van der Waals surface area contributed by atoms with E-state index in [-0.39, 0.29) is 0 Å². The first-order valence-corrected chi connectivity index (χ1v) is 6.97. The predicted molar refractivity (Wildman–Crippen MR) is 72.5 cm³/mol. The van der Waals surface area contributed by atoms with E-state index >= 15 is 0 Å². The molecule has 0 N–H and O–H groups in total. The summed E-state index contributed by atoms with van der Waals surface area (Å²) in [5.74, 6) is 0. The molecule has 3 heteroatoms. The monoisotopic (exact) mass is 246 g/mol. The fourth-order valence-electron chi connectivity index (χ4n) is 3.09. The number of benzene rings is 1. The van der Waals surface area contributed by atoms with Gasteiger partial charge in [0.2, 0.25) is 0 Å². The second-order valence-corrected chi connectivity index (χ2v) is 5.41. The van der Waals surface area contributed by atoms with Gasteiger partial charge in [-0.3, -0.25) is 9.80 Å². The summed E-state index contributed by atoms with van der Waals surface area (Å²) in [6, 6.07) is 10.7. The van der Waals surface area contributed by atoms with Gasteiger partial charge in [-0.25, -0.2) is 0 Å². The van der Waals surface area contributed by atoms with Gasteiger partial charge in [0.25, 0.3) is 0 Å².